The molecule has 1 saturated carbocycles. The van der Waals surface area contributed by atoms with Gasteiger partial charge in [0.1, 0.15) is 0 Å². The summed E-state index contributed by atoms with van der Waals surface area (Å²) in [6, 6.07) is 0. The van der Waals surface area contributed by atoms with Crippen LogP contribution < -0.4 is 5.73 Å². The molecule has 0 aliphatic heterocycles. The van der Waals surface area contributed by atoms with Gasteiger partial charge < -0.3 is 5.73 Å². The van der Waals surface area contributed by atoms with Gasteiger partial charge in [-0.2, -0.15) is 13.2 Å². The normalized spacial score (nSPS) is 19.6. The van der Waals surface area contributed by atoms with Gasteiger partial charge >= 0.3 is 6.18 Å². The molecule has 2 rings (SSSR count). The fraction of sp³-hybridized carbons (Fsp3) is 0.692. The molecule has 2 N–H and O–H groups in total. The van der Waals surface area contributed by atoms with Crippen LogP contribution in [0, 0.1) is 5.41 Å². The lowest BCUT2D eigenvalue weighted by Crippen LogP contribution is -2.38. The van der Waals surface area contributed by atoms with Crippen molar-refractivity contribution in [1.82, 2.24) is 4.98 Å². The summed E-state index contributed by atoms with van der Waals surface area (Å²) in [5.41, 5.74) is 5.08. The molecule has 7 heteroatoms. The predicted molar refractivity (Wildman–Crippen MR) is 70.6 cm³/mol. The average molecular weight is 306 g/mol. The number of halogens is 3. The van der Waals surface area contributed by atoms with Crippen molar-refractivity contribution in [3.63, 3.8) is 0 Å². The number of hydrogen-bond acceptors (Lipinski definition) is 4. The van der Waals surface area contributed by atoms with Gasteiger partial charge in [0, 0.05) is 18.2 Å². The number of carbonyl (C=O) groups is 1. The van der Waals surface area contributed by atoms with Crippen molar-refractivity contribution in [2.24, 2.45) is 11.1 Å². The maximum absolute atomic E-state index is 12.6. The maximum atomic E-state index is 12.6. The molecule has 0 unspecified atom stereocenters. The highest BCUT2D eigenvalue weighted by Gasteiger charge is 2.41. The molecule has 1 aliphatic carbocycles. The Labute approximate surface area is 119 Å². The minimum absolute atomic E-state index is 0.0738. The Morgan fingerprint density at radius 1 is 1.30 bits per heavy atom. The molecule has 1 aromatic rings. The lowest BCUT2D eigenvalue weighted by Gasteiger charge is -2.28. The fourth-order valence-corrected chi connectivity index (χ4v) is 3.54. The predicted octanol–water partition coefficient (Wildman–Crippen LogP) is 3.64. The van der Waals surface area contributed by atoms with E-state index in [1.54, 1.807) is 0 Å². The number of alkyl halides is 3. The summed E-state index contributed by atoms with van der Waals surface area (Å²) in [6.07, 6.45) is 1.74. The lowest BCUT2D eigenvalue weighted by atomic mass is 9.76. The number of nitrogens with two attached hydrogens (primary N) is 1. The van der Waals surface area contributed by atoms with Crippen LogP contribution in [0.5, 0.6) is 0 Å². The molecule has 1 aromatic heterocycles. The van der Waals surface area contributed by atoms with Crippen LogP contribution in [0.4, 0.5) is 13.2 Å². The Balaban J connectivity index is 2.26. The van der Waals surface area contributed by atoms with Gasteiger partial charge in [-0.15, -0.1) is 11.3 Å². The molecule has 20 heavy (non-hydrogen) atoms. The van der Waals surface area contributed by atoms with E-state index in [1.807, 2.05) is 0 Å². The number of rotatable bonds is 3. The highest BCUT2D eigenvalue weighted by atomic mass is 32.1. The Hall–Kier alpha value is -0.950. The average Bonchev–Trinajstić information content (AvgIpc) is 2.77. The van der Waals surface area contributed by atoms with Crippen molar-refractivity contribution in [2.75, 3.05) is 6.54 Å². The van der Waals surface area contributed by atoms with Crippen LogP contribution in [0.1, 0.15) is 53.2 Å². The molecule has 0 saturated heterocycles. The Morgan fingerprint density at radius 2 is 1.90 bits per heavy atom. The second-order valence-electron chi connectivity index (χ2n) is 5.26. The second kappa shape index (κ2) is 5.81. The van der Waals surface area contributed by atoms with Crippen molar-refractivity contribution < 1.29 is 18.0 Å². The standard InChI is InChI=1S/C13H17F3N2OS/c14-13(15,16)11-18-7-9(20-11)10(19)12(8-17)5-3-1-2-4-6-12/h7H,1-6,8,17H2. The zero-order valence-electron chi connectivity index (χ0n) is 11.0. The van der Waals surface area contributed by atoms with Crippen LogP contribution in [-0.4, -0.2) is 17.3 Å². The summed E-state index contributed by atoms with van der Waals surface area (Å²) in [6.45, 7) is 0.186. The largest absolute Gasteiger partial charge is 0.443 e. The third-order valence-electron chi connectivity index (χ3n) is 3.91. The van der Waals surface area contributed by atoms with Crippen LogP contribution in [0.2, 0.25) is 0 Å². The monoisotopic (exact) mass is 306 g/mol. The zero-order valence-corrected chi connectivity index (χ0v) is 11.8. The van der Waals surface area contributed by atoms with E-state index in [0.29, 0.717) is 24.2 Å². The molecule has 0 radical (unpaired) electrons. The number of hydrogen-bond donors (Lipinski definition) is 1. The fourth-order valence-electron chi connectivity index (χ4n) is 2.70. The minimum atomic E-state index is -4.50. The second-order valence-corrected chi connectivity index (χ2v) is 6.29. The van der Waals surface area contributed by atoms with E-state index >= 15 is 0 Å². The Bertz CT molecular complexity index is 476. The molecular formula is C13H17F3N2OS. The third-order valence-corrected chi connectivity index (χ3v) is 4.95. The number of carbonyl (C=O) groups excluding carboxylic acids is 1. The molecule has 0 bridgehead atoms. The topological polar surface area (TPSA) is 56.0 Å². The van der Waals surface area contributed by atoms with Gasteiger partial charge in [-0.1, -0.05) is 25.7 Å². The SMILES string of the molecule is NCC1(C(=O)c2cnc(C(F)(F)F)s2)CCCCCC1. The van der Waals surface area contributed by atoms with Crippen LogP contribution >= 0.6 is 11.3 Å². The van der Waals surface area contributed by atoms with Crippen molar-refractivity contribution in [1.29, 1.82) is 0 Å². The third kappa shape index (κ3) is 3.03. The molecule has 0 aromatic carbocycles. The van der Waals surface area contributed by atoms with Gasteiger partial charge in [0.2, 0.25) is 0 Å². The van der Waals surface area contributed by atoms with Crippen LogP contribution in [0.3, 0.4) is 0 Å². The van der Waals surface area contributed by atoms with E-state index in [4.69, 9.17) is 5.73 Å². The number of ketones is 1. The zero-order chi connectivity index (χ0) is 14.8. The lowest BCUT2D eigenvalue weighted by molar-refractivity contribution is -0.137. The summed E-state index contributed by atoms with van der Waals surface area (Å²) in [5.74, 6) is -0.269. The van der Waals surface area contributed by atoms with Crippen LogP contribution in [-0.2, 0) is 6.18 Å². The van der Waals surface area contributed by atoms with Gasteiger partial charge in [-0.25, -0.2) is 4.98 Å². The number of nitrogens with zero attached hydrogens (tertiary/aromatic N) is 1. The molecule has 0 spiro atoms. The van der Waals surface area contributed by atoms with E-state index in [-0.39, 0.29) is 17.2 Å². The Morgan fingerprint density at radius 3 is 2.35 bits per heavy atom. The number of aromatic nitrogens is 1. The molecule has 0 amide bonds. The molecule has 1 aliphatic rings. The van der Waals surface area contributed by atoms with E-state index in [1.165, 1.54) is 0 Å². The van der Waals surface area contributed by atoms with E-state index in [0.717, 1.165) is 31.9 Å². The molecule has 1 fully saturated rings. The summed E-state index contributed by atoms with van der Waals surface area (Å²) in [7, 11) is 0. The summed E-state index contributed by atoms with van der Waals surface area (Å²) < 4.78 is 37.7. The van der Waals surface area contributed by atoms with Gasteiger partial charge in [-0.3, -0.25) is 4.79 Å². The van der Waals surface area contributed by atoms with Gasteiger partial charge in [-0.05, 0) is 12.8 Å². The first kappa shape index (κ1) is 15.4. The first-order valence-corrected chi connectivity index (χ1v) is 7.49. The van der Waals surface area contributed by atoms with Crippen molar-refractivity contribution in [3.05, 3.63) is 16.1 Å². The van der Waals surface area contributed by atoms with Gasteiger partial charge in [0.15, 0.2) is 10.8 Å². The van der Waals surface area contributed by atoms with Crippen molar-refractivity contribution >= 4 is 17.1 Å². The minimum Gasteiger partial charge on any atom is -0.329 e. The summed E-state index contributed by atoms with van der Waals surface area (Å²) in [4.78, 5) is 16.0. The molecule has 112 valence electrons. The summed E-state index contributed by atoms with van der Waals surface area (Å²) in [5, 5.41) is -0.971. The molecule has 1 heterocycles. The first-order chi connectivity index (χ1) is 9.39. The maximum Gasteiger partial charge on any atom is 0.443 e. The molecule has 3 nitrogen and oxygen atoms in total. The van der Waals surface area contributed by atoms with Crippen molar-refractivity contribution in [3.8, 4) is 0 Å². The molecule has 0 atom stereocenters. The van der Waals surface area contributed by atoms with Crippen LogP contribution in [0.15, 0.2) is 6.20 Å². The smallest absolute Gasteiger partial charge is 0.329 e. The quantitative estimate of drug-likeness (QED) is 0.685. The first-order valence-electron chi connectivity index (χ1n) is 6.67. The number of thiazole rings is 1. The van der Waals surface area contributed by atoms with Gasteiger partial charge in [0.05, 0.1) is 4.88 Å². The van der Waals surface area contributed by atoms with Crippen LogP contribution in [0.25, 0.3) is 0 Å². The van der Waals surface area contributed by atoms with E-state index in [9.17, 15) is 18.0 Å². The van der Waals surface area contributed by atoms with E-state index < -0.39 is 16.6 Å². The van der Waals surface area contributed by atoms with E-state index in [2.05, 4.69) is 4.98 Å². The van der Waals surface area contributed by atoms with Crippen molar-refractivity contribution in [2.45, 2.75) is 44.7 Å². The Kier molecular flexibility index (Phi) is 4.49. The van der Waals surface area contributed by atoms with Gasteiger partial charge in [0.25, 0.3) is 0 Å². The number of Topliss-reactive ketones (excluding diaryl/α,β-unsaturated/α-hetero) is 1. The highest BCUT2D eigenvalue weighted by molar-refractivity contribution is 7.13. The summed E-state index contributed by atoms with van der Waals surface area (Å²) >= 11 is 0.421. The molecular weight excluding hydrogens is 289 g/mol. The highest BCUT2D eigenvalue weighted by Crippen LogP contribution is 2.40.